The molecule has 0 amide bonds. The lowest BCUT2D eigenvalue weighted by molar-refractivity contribution is -0.274. The zero-order chi connectivity index (χ0) is 14.3. The molecular weight excluding hydrogens is 261 g/mol. The van der Waals surface area contributed by atoms with E-state index in [1.807, 2.05) is 0 Å². The van der Waals surface area contributed by atoms with Crippen LogP contribution in [0.3, 0.4) is 0 Å². The summed E-state index contributed by atoms with van der Waals surface area (Å²) >= 11 is 0. The van der Waals surface area contributed by atoms with Crippen LogP contribution in [0.2, 0.25) is 0 Å². The quantitative estimate of drug-likeness (QED) is 0.746. The average Bonchev–Trinajstić information content (AvgIpc) is 2.27. The third kappa shape index (κ3) is 6.69. The highest BCUT2D eigenvalue weighted by atomic mass is 19.4. The van der Waals surface area contributed by atoms with Crippen molar-refractivity contribution in [2.24, 2.45) is 0 Å². The van der Waals surface area contributed by atoms with E-state index < -0.39 is 6.36 Å². The molecule has 0 radical (unpaired) electrons. The molecule has 0 bridgehead atoms. The molecular formula is C13H15F3O3. The zero-order valence-electron chi connectivity index (χ0n) is 10.5. The van der Waals surface area contributed by atoms with Gasteiger partial charge in [0.1, 0.15) is 5.75 Å². The molecule has 1 aromatic carbocycles. The molecule has 6 heteroatoms. The topological polar surface area (TPSA) is 35.5 Å². The molecule has 0 aliphatic carbocycles. The zero-order valence-corrected chi connectivity index (χ0v) is 10.5. The predicted molar refractivity (Wildman–Crippen MR) is 62.7 cm³/mol. The van der Waals surface area contributed by atoms with Gasteiger partial charge in [-0.25, -0.2) is 0 Å². The maximum absolute atomic E-state index is 12.0. The summed E-state index contributed by atoms with van der Waals surface area (Å²) in [4.78, 5) is 11.1. The normalized spacial score (nSPS) is 11.2. The van der Waals surface area contributed by atoms with Crippen LogP contribution in [0.15, 0.2) is 24.3 Å². The summed E-state index contributed by atoms with van der Waals surface area (Å²) in [7, 11) is 0. The van der Waals surface area contributed by atoms with Gasteiger partial charge in [0.15, 0.2) is 0 Å². The Kier molecular flexibility index (Phi) is 5.66. The smallest absolute Gasteiger partial charge is 0.466 e. The molecule has 0 saturated carbocycles. The van der Waals surface area contributed by atoms with Crippen molar-refractivity contribution in [2.75, 3.05) is 6.61 Å². The lowest BCUT2D eigenvalue weighted by atomic mass is 10.1. The summed E-state index contributed by atoms with van der Waals surface area (Å²) in [5.74, 6) is -0.550. The van der Waals surface area contributed by atoms with Gasteiger partial charge in [0.2, 0.25) is 0 Å². The molecule has 0 aliphatic rings. The van der Waals surface area contributed by atoms with E-state index >= 15 is 0 Å². The van der Waals surface area contributed by atoms with Crippen LogP contribution in [0.4, 0.5) is 13.2 Å². The average molecular weight is 276 g/mol. The molecule has 19 heavy (non-hydrogen) atoms. The van der Waals surface area contributed by atoms with Crippen LogP contribution in [0.25, 0.3) is 0 Å². The van der Waals surface area contributed by atoms with Gasteiger partial charge in [-0.05, 0) is 37.5 Å². The van der Waals surface area contributed by atoms with Crippen molar-refractivity contribution in [2.45, 2.75) is 32.5 Å². The van der Waals surface area contributed by atoms with E-state index in [1.54, 1.807) is 13.0 Å². The fourth-order valence-electron chi connectivity index (χ4n) is 1.57. The van der Waals surface area contributed by atoms with E-state index in [1.165, 1.54) is 18.2 Å². The summed E-state index contributed by atoms with van der Waals surface area (Å²) < 4.78 is 44.7. The van der Waals surface area contributed by atoms with Crippen LogP contribution >= 0.6 is 0 Å². The van der Waals surface area contributed by atoms with Crippen LogP contribution in [0.1, 0.15) is 25.3 Å². The van der Waals surface area contributed by atoms with Gasteiger partial charge in [-0.15, -0.1) is 13.2 Å². The molecule has 0 heterocycles. The first-order chi connectivity index (χ1) is 8.90. The van der Waals surface area contributed by atoms with E-state index in [0.29, 0.717) is 25.0 Å². The molecule has 0 aromatic heterocycles. The minimum atomic E-state index is -4.69. The number of esters is 1. The number of carbonyl (C=O) groups excluding carboxylic acids is 1. The number of ether oxygens (including phenoxy) is 2. The highest BCUT2D eigenvalue weighted by Gasteiger charge is 2.31. The number of aryl methyl sites for hydroxylation is 1. The Labute approximate surface area is 109 Å². The number of halogens is 3. The molecule has 0 fully saturated rings. The molecule has 0 saturated heterocycles. The Morgan fingerprint density at radius 1 is 1.32 bits per heavy atom. The Morgan fingerprint density at radius 2 is 2.05 bits per heavy atom. The fourth-order valence-corrected chi connectivity index (χ4v) is 1.57. The highest BCUT2D eigenvalue weighted by Crippen LogP contribution is 2.23. The first-order valence-electron chi connectivity index (χ1n) is 5.91. The van der Waals surface area contributed by atoms with Crippen LogP contribution in [0, 0.1) is 0 Å². The summed E-state index contributed by atoms with van der Waals surface area (Å²) in [6.07, 6.45) is -3.43. The van der Waals surface area contributed by atoms with Gasteiger partial charge in [-0.1, -0.05) is 12.1 Å². The number of hydrogen-bond donors (Lipinski definition) is 0. The van der Waals surface area contributed by atoms with Gasteiger partial charge in [-0.3, -0.25) is 4.79 Å². The van der Waals surface area contributed by atoms with Gasteiger partial charge in [-0.2, -0.15) is 0 Å². The lowest BCUT2D eigenvalue weighted by Crippen LogP contribution is -2.17. The van der Waals surface area contributed by atoms with Gasteiger partial charge in [0.05, 0.1) is 6.61 Å². The Morgan fingerprint density at radius 3 is 2.68 bits per heavy atom. The van der Waals surface area contributed by atoms with Gasteiger partial charge in [0.25, 0.3) is 0 Å². The maximum Gasteiger partial charge on any atom is 0.573 e. The van der Waals surface area contributed by atoms with E-state index in [4.69, 9.17) is 4.74 Å². The highest BCUT2D eigenvalue weighted by molar-refractivity contribution is 5.69. The van der Waals surface area contributed by atoms with E-state index in [0.717, 1.165) is 0 Å². The Bertz CT molecular complexity index is 416. The summed E-state index contributed by atoms with van der Waals surface area (Å²) in [6, 6.07) is 5.73. The fraction of sp³-hybridized carbons (Fsp3) is 0.462. The number of carbonyl (C=O) groups is 1. The van der Waals surface area contributed by atoms with E-state index in [9.17, 15) is 18.0 Å². The standard InChI is InChI=1S/C13H15F3O3/c1-2-18-12(17)8-4-6-10-5-3-7-11(9-10)19-13(14,15)16/h3,5,7,9H,2,4,6,8H2,1H3. The summed E-state index contributed by atoms with van der Waals surface area (Å²) in [5, 5.41) is 0. The number of alkyl halides is 3. The van der Waals surface area contributed by atoms with Gasteiger partial charge < -0.3 is 9.47 Å². The predicted octanol–water partition coefficient (Wildman–Crippen LogP) is 3.47. The first-order valence-corrected chi connectivity index (χ1v) is 5.91. The van der Waals surface area contributed by atoms with Crippen molar-refractivity contribution in [3.05, 3.63) is 29.8 Å². The van der Waals surface area contributed by atoms with Crippen molar-refractivity contribution in [3.8, 4) is 5.75 Å². The van der Waals surface area contributed by atoms with Crippen molar-refractivity contribution >= 4 is 5.97 Å². The molecule has 106 valence electrons. The largest absolute Gasteiger partial charge is 0.573 e. The van der Waals surface area contributed by atoms with Gasteiger partial charge >= 0.3 is 12.3 Å². The van der Waals surface area contributed by atoms with Crippen LogP contribution in [0.5, 0.6) is 5.75 Å². The van der Waals surface area contributed by atoms with Crippen molar-refractivity contribution < 1.29 is 27.4 Å². The van der Waals surface area contributed by atoms with E-state index in [-0.39, 0.29) is 18.1 Å². The number of rotatable bonds is 6. The number of benzene rings is 1. The molecule has 0 N–H and O–H groups in total. The first kappa shape index (κ1) is 15.3. The maximum atomic E-state index is 12.0. The van der Waals surface area contributed by atoms with Crippen molar-refractivity contribution in [3.63, 3.8) is 0 Å². The van der Waals surface area contributed by atoms with E-state index in [2.05, 4.69) is 4.74 Å². The Hall–Kier alpha value is -1.72. The van der Waals surface area contributed by atoms with Gasteiger partial charge in [0, 0.05) is 6.42 Å². The molecule has 3 nitrogen and oxygen atoms in total. The molecule has 0 aliphatic heterocycles. The SMILES string of the molecule is CCOC(=O)CCCc1cccc(OC(F)(F)F)c1. The summed E-state index contributed by atoms with van der Waals surface area (Å²) in [6.45, 7) is 2.05. The Balaban J connectivity index is 2.46. The van der Waals surface area contributed by atoms with Crippen molar-refractivity contribution in [1.29, 1.82) is 0 Å². The second kappa shape index (κ2) is 7.01. The van der Waals surface area contributed by atoms with Crippen LogP contribution in [-0.4, -0.2) is 18.9 Å². The van der Waals surface area contributed by atoms with Crippen LogP contribution < -0.4 is 4.74 Å². The molecule has 1 rings (SSSR count). The second-order valence-electron chi connectivity index (χ2n) is 3.85. The molecule has 0 atom stereocenters. The van der Waals surface area contributed by atoms with Crippen molar-refractivity contribution in [1.82, 2.24) is 0 Å². The molecule has 1 aromatic rings. The molecule has 0 unspecified atom stereocenters. The molecule has 0 spiro atoms. The third-order valence-electron chi connectivity index (χ3n) is 2.28. The third-order valence-corrected chi connectivity index (χ3v) is 2.28. The summed E-state index contributed by atoms with van der Waals surface area (Å²) in [5.41, 5.74) is 0.686. The number of hydrogen-bond acceptors (Lipinski definition) is 3. The monoisotopic (exact) mass is 276 g/mol. The minimum absolute atomic E-state index is 0.248. The van der Waals surface area contributed by atoms with Crippen LogP contribution in [-0.2, 0) is 16.0 Å². The minimum Gasteiger partial charge on any atom is -0.466 e. The second-order valence-corrected chi connectivity index (χ2v) is 3.85. The lowest BCUT2D eigenvalue weighted by Gasteiger charge is -2.09.